The molecular weight excluding hydrogens is 154 g/mol. The minimum absolute atomic E-state index is 0.133. The van der Waals surface area contributed by atoms with Gasteiger partial charge in [0.2, 0.25) is 0 Å². The van der Waals surface area contributed by atoms with E-state index in [0.29, 0.717) is 0 Å². The van der Waals surface area contributed by atoms with Gasteiger partial charge in [0.05, 0.1) is 0 Å². The average molecular weight is 167 g/mol. The van der Waals surface area contributed by atoms with Crippen molar-refractivity contribution in [1.29, 1.82) is 0 Å². The number of hydrogen-bond acceptors (Lipinski definition) is 2. The van der Waals surface area contributed by atoms with Gasteiger partial charge in [-0.15, -0.1) is 0 Å². The number of rotatable bonds is 3. The largest absolute Gasteiger partial charge is 0.503 e. The van der Waals surface area contributed by atoms with Gasteiger partial charge in [0.15, 0.2) is 5.75 Å². The molecule has 3 heteroatoms. The molecule has 0 fully saturated rings. The van der Waals surface area contributed by atoms with Crippen LogP contribution >= 0.6 is 0 Å². The van der Waals surface area contributed by atoms with Gasteiger partial charge < -0.3 is 10.1 Å². The minimum atomic E-state index is -0.399. The van der Waals surface area contributed by atoms with Gasteiger partial charge in [0, 0.05) is 11.8 Å². The molecule has 0 aliphatic heterocycles. The molecule has 0 amide bonds. The number of aryl methyl sites for hydroxylation is 1. The van der Waals surface area contributed by atoms with Gasteiger partial charge in [0.25, 0.3) is 5.56 Å². The molecule has 1 heterocycles. The Morgan fingerprint density at radius 2 is 2.33 bits per heavy atom. The van der Waals surface area contributed by atoms with E-state index < -0.39 is 5.56 Å². The van der Waals surface area contributed by atoms with Crippen LogP contribution in [0.4, 0.5) is 0 Å². The van der Waals surface area contributed by atoms with E-state index >= 15 is 0 Å². The van der Waals surface area contributed by atoms with E-state index in [1.54, 1.807) is 12.3 Å². The molecule has 1 rings (SSSR count). The molecule has 12 heavy (non-hydrogen) atoms. The Morgan fingerprint density at radius 3 is 3.00 bits per heavy atom. The highest BCUT2D eigenvalue weighted by Crippen LogP contribution is 2.12. The normalized spacial score (nSPS) is 10.1. The Labute approximate surface area is 71.1 Å². The maximum Gasteiger partial charge on any atom is 0.290 e. The van der Waals surface area contributed by atoms with Crippen LogP contribution in [-0.4, -0.2) is 10.1 Å². The minimum Gasteiger partial charge on any atom is -0.503 e. The predicted molar refractivity (Wildman–Crippen MR) is 47.3 cm³/mol. The number of pyridine rings is 1. The molecule has 0 aliphatic rings. The van der Waals surface area contributed by atoms with Crippen LogP contribution < -0.4 is 5.56 Å². The number of aromatic nitrogens is 1. The molecule has 0 aliphatic carbocycles. The lowest BCUT2D eigenvalue weighted by molar-refractivity contribution is 0.458. The van der Waals surface area contributed by atoms with Gasteiger partial charge in [0.1, 0.15) is 0 Å². The van der Waals surface area contributed by atoms with Crippen LogP contribution in [0.25, 0.3) is 0 Å². The lowest BCUT2D eigenvalue weighted by Crippen LogP contribution is -2.06. The van der Waals surface area contributed by atoms with Crippen LogP contribution in [0.1, 0.15) is 25.3 Å². The van der Waals surface area contributed by atoms with E-state index in [4.69, 9.17) is 0 Å². The van der Waals surface area contributed by atoms with Gasteiger partial charge in [-0.2, -0.15) is 0 Å². The Bertz CT molecular complexity index is 304. The van der Waals surface area contributed by atoms with E-state index in [9.17, 15) is 9.90 Å². The number of aromatic hydroxyl groups is 1. The molecule has 0 saturated carbocycles. The molecular formula is C9H13NO2. The zero-order valence-electron chi connectivity index (χ0n) is 7.13. The zero-order chi connectivity index (χ0) is 8.97. The smallest absolute Gasteiger partial charge is 0.290 e. The summed E-state index contributed by atoms with van der Waals surface area (Å²) in [5.74, 6) is -0.133. The molecule has 66 valence electrons. The molecule has 0 spiro atoms. The third kappa shape index (κ3) is 1.87. The molecule has 1 aromatic heterocycles. The standard InChI is InChI=1S/C9H13NO2/c1-2-3-4-7-5-6-10-9(12)8(7)11/h5-6,11H,2-4H2,1H3,(H,10,12). The van der Waals surface area contributed by atoms with Gasteiger partial charge >= 0.3 is 0 Å². The number of aromatic amines is 1. The number of H-pyrrole nitrogens is 1. The van der Waals surface area contributed by atoms with Gasteiger partial charge in [-0.05, 0) is 18.9 Å². The fourth-order valence-electron chi connectivity index (χ4n) is 1.08. The maximum atomic E-state index is 10.9. The summed E-state index contributed by atoms with van der Waals surface area (Å²) in [6.07, 6.45) is 4.39. The maximum absolute atomic E-state index is 10.9. The molecule has 0 radical (unpaired) electrons. The summed E-state index contributed by atoms with van der Waals surface area (Å²) in [5, 5.41) is 9.28. The summed E-state index contributed by atoms with van der Waals surface area (Å²) >= 11 is 0. The highest BCUT2D eigenvalue weighted by atomic mass is 16.3. The van der Waals surface area contributed by atoms with E-state index in [2.05, 4.69) is 11.9 Å². The van der Waals surface area contributed by atoms with Crippen LogP contribution in [0.2, 0.25) is 0 Å². The first-order valence-electron chi connectivity index (χ1n) is 4.15. The predicted octanol–water partition coefficient (Wildman–Crippen LogP) is 1.42. The van der Waals surface area contributed by atoms with E-state index in [0.717, 1.165) is 24.8 Å². The van der Waals surface area contributed by atoms with Crippen molar-refractivity contribution in [2.24, 2.45) is 0 Å². The Hall–Kier alpha value is -1.25. The van der Waals surface area contributed by atoms with Crippen molar-refractivity contribution >= 4 is 0 Å². The molecule has 0 unspecified atom stereocenters. The summed E-state index contributed by atoms with van der Waals surface area (Å²) in [6, 6.07) is 1.74. The van der Waals surface area contributed by atoms with Gasteiger partial charge in [-0.1, -0.05) is 13.3 Å². The summed E-state index contributed by atoms with van der Waals surface area (Å²) in [5.41, 5.74) is 0.337. The van der Waals surface area contributed by atoms with Crippen LogP contribution in [0.3, 0.4) is 0 Å². The van der Waals surface area contributed by atoms with Crippen molar-refractivity contribution < 1.29 is 5.11 Å². The van der Waals surface area contributed by atoms with Crippen LogP contribution in [0.5, 0.6) is 5.75 Å². The molecule has 3 nitrogen and oxygen atoms in total. The molecule has 2 N–H and O–H groups in total. The second kappa shape index (κ2) is 3.95. The summed E-state index contributed by atoms with van der Waals surface area (Å²) in [4.78, 5) is 13.3. The number of hydrogen-bond donors (Lipinski definition) is 2. The summed E-state index contributed by atoms with van der Waals surface area (Å²) in [7, 11) is 0. The SMILES string of the molecule is CCCCc1cc[nH]c(=O)c1O. The molecule has 0 atom stereocenters. The molecule has 0 aromatic carbocycles. The quantitative estimate of drug-likeness (QED) is 0.715. The average Bonchev–Trinajstić information content (AvgIpc) is 2.08. The van der Waals surface area contributed by atoms with Crippen molar-refractivity contribution in [2.45, 2.75) is 26.2 Å². The highest BCUT2D eigenvalue weighted by Gasteiger charge is 2.02. The fraction of sp³-hybridized carbons (Fsp3) is 0.444. The molecule has 0 bridgehead atoms. The zero-order valence-corrected chi connectivity index (χ0v) is 7.13. The van der Waals surface area contributed by atoms with Crippen LogP contribution in [-0.2, 0) is 6.42 Å². The second-order valence-corrected chi connectivity index (χ2v) is 2.78. The van der Waals surface area contributed by atoms with Crippen molar-refractivity contribution in [2.75, 3.05) is 0 Å². The molecule has 1 aromatic rings. The van der Waals surface area contributed by atoms with Gasteiger partial charge in [-0.3, -0.25) is 4.79 Å². The Kier molecular flexibility index (Phi) is 2.91. The summed E-state index contributed by atoms with van der Waals surface area (Å²) < 4.78 is 0. The number of nitrogens with one attached hydrogen (secondary N) is 1. The third-order valence-electron chi connectivity index (χ3n) is 1.82. The third-order valence-corrected chi connectivity index (χ3v) is 1.82. The van der Waals surface area contributed by atoms with E-state index in [1.807, 2.05) is 0 Å². The lowest BCUT2D eigenvalue weighted by Gasteiger charge is -2.00. The molecule has 0 saturated heterocycles. The lowest BCUT2D eigenvalue weighted by atomic mass is 10.1. The number of unbranched alkanes of at least 4 members (excludes halogenated alkanes) is 1. The highest BCUT2D eigenvalue weighted by molar-refractivity contribution is 5.28. The van der Waals surface area contributed by atoms with Crippen molar-refractivity contribution in [3.8, 4) is 5.75 Å². The van der Waals surface area contributed by atoms with Crippen molar-refractivity contribution in [3.63, 3.8) is 0 Å². The Morgan fingerprint density at radius 1 is 1.58 bits per heavy atom. The summed E-state index contributed by atoms with van der Waals surface area (Å²) in [6.45, 7) is 2.07. The monoisotopic (exact) mass is 167 g/mol. The van der Waals surface area contributed by atoms with E-state index in [1.165, 1.54) is 0 Å². The first-order valence-corrected chi connectivity index (χ1v) is 4.15. The van der Waals surface area contributed by atoms with Crippen molar-refractivity contribution in [1.82, 2.24) is 4.98 Å². The van der Waals surface area contributed by atoms with Crippen LogP contribution in [0.15, 0.2) is 17.1 Å². The topological polar surface area (TPSA) is 53.1 Å². The Balaban J connectivity index is 2.85. The first-order chi connectivity index (χ1) is 5.75. The van der Waals surface area contributed by atoms with Crippen molar-refractivity contribution in [3.05, 3.63) is 28.2 Å². The fourth-order valence-corrected chi connectivity index (χ4v) is 1.08. The first kappa shape index (κ1) is 8.84. The second-order valence-electron chi connectivity index (χ2n) is 2.78. The van der Waals surface area contributed by atoms with Crippen LogP contribution in [0, 0.1) is 0 Å². The van der Waals surface area contributed by atoms with E-state index in [-0.39, 0.29) is 5.75 Å². The van der Waals surface area contributed by atoms with Gasteiger partial charge in [-0.25, -0.2) is 0 Å².